The molecule has 1 aliphatic rings. The maximum absolute atomic E-state index is 4.70. The van der Waals surface area contributed by atoms with Crippen LogP contribution in [0.3, 0.4) is 0 Å². The number of aryl methyl sites for hydroxylation is 1. The number of hydrogen-bond acceptors (Lipinski definition) is 1. The third-order valence-corrected chi connectivity index (χ3v) is 3.06. The highest BCUT2D eigenvalue weighted by atomic mass is 14.8. The highest BCUT2D eigenvalue weighted by Crippen LogP contribution is 2.28. The molecule has 0 aromatic heterocycles. The van der Waals surface area contributed by atoms with Crippen molar-refractivity contribution in [3.05, 3.63) is 65.2 Å². The molecule has 0 bridgehead atoms. The van der Waals surface area contributed by atoms with Gasteiger partial charge >= 0.3 is 0 Å². The van der Waals surface area contributed by atoms with Crippen LogP contribution in [-0.4, -0.2) is 5.71 Å². The molecule has 0 saturated carbocycles. The van der Waals surface area contributed by atoms with E-state index in [2.05, 4.69) is 63.2 Å². The standard InChI is InChI=1S/C15H13N.C3H8.C2H6/c1-11-6-2-4-8-13(11)15-10-12-7-3-5-9-14(12)16-15;1-3-2;1-2/h2-9H,10H2,1H3;3H2,1-2H3;1-2H3. The molecule has 0 atom stereocenters. The van der Waals surface area contributed by atoms with Gasteiger partial charge in [-0.25, -0.2) is 0 Å². The van der Waals surface area contributed by atoms with Gasteiger partial charge < -0.3 is 0 Å². The van der Waals surface area contributed by atoms with Gasteiger partial charge in [-0.15, -0.1) is 0 Å². The minimum Gasteiger partial charge on any atom is -0.252 e. The third kappa shape index (κ3) is 4.56. The zero-order valence-corrected chi connectivity index (χ0v) is 14.0. The van der Waals surface area contributed by atoms with E-state index in [-0.39, 0.29) is 0 Å². The van der Waals surface area contributed by atoms with Crippen LogP contribution in [0, 0.1) is 6.92 Å². The fourth-order valence-electron chi connectivity index (χ4n) is 2.19. The number of fused-ring (bicyclic) bond motifs is 1. The predicted octanol–water partition coefficient (Wildman–Crippen LogP) is 6.11. The van der Waals surface area contributed by atoms with Gasteiger partial charge in [-0.1, -0.05) is 76.6 Å². The van der Waals surface area contributed by atoms with Gasteiger partial charge in [0.1, 0.15) is 0 Å². The molecule has 0 radical (unpaired) electrons. The van der Waals surface area contributed by atoms with Gasteiger partial charge in [0.15, 0.2) is 0 Å². The first-order valence-corrected chi connectivity index (χ1v) is 7.97. The van der Waals surface area contributed by atoms with Crippen LogP contribution in [0.4, 0.5) is 5.69 Å². The summed E-state index contributed by atoms with van der Waals surface area (Å²) >= 11 is 0. The molecular formula is C20H27N. The van der Waals surface area contributed by atoms with Gasteiger partial charge in [0.05, 0.1) is 11.4 Å². The average Bonchev–Trinajstić information content (AvgIpc) is 2.94. The number of hydrogen-bond donors (Lipinski definition) is 0. The molecule has 1 aliphatic heterocycles. The SMILES string of the molecule is CC.CCC.Cc1ccccc1C1=Nc2ccccc2C1. The normalized spacial score (nSPS) is 11.4. The van der Waals surface area contributed by atoms with E-state index in [9.17, 15) is 0 Å². The number of benzene rings is 2. The van der Waals surface area contributed by atoms with Crippen molar-refractivity contribution in [2.24, 2.45) is 4.99 Å². The molecular weight excluding hydrogens is 254 g/mol. The Morgan fingerprint density at radius 3 is 2.10 bits per heavy atom. The van der Waals surface area contributed by atoms with Gasteiger partial charge in [-0.2, -0.15) is 0 Å². The zero-order chi connectivity index (χ0) is 15.7. The molecule has 1 nitrogen and oxygen atoms in total. The van der Waals surface area contributed by atoms with E-state index in [1.54, 1.807) is 0 Å². The molecule has 0 amide bonds. The first-order valence-electron chi connectivity index (χ1n) is 7.97. The molecule has 0 spiro atoms. The zero-order valence-electron chi connectivity index (χ0n) is 14.0. The quantitative estimate of drug-likeness (QED) is 0.597. The van der Waals surface area contributed by atoms with E-state index >= 15 is 0 Å². The van der Waals surface area contributed by atoms with Crippen LogP contribution in [0.5, 0.6) is 0 Å². The van der Waals surface area contributed by atoms with Gasteiger partial charge in [0, 0.05) is 6.42 Å². The van der Waals surface area contributed by atoms with Gasteiger partial charge in [0.2, 0.25) is 0 Å². The maximum atomic E-state index is 4.70. The molecule has 0 N–H and O–H groups in total. The number of aliphatic imine (C=N–C) groups is 1. The smallest absolute Gasteiger partial charge is 0.0669 e. The van der Waals surface area contributed by atoms with Crippen molar-refractivity contribution < 1.29 is 0 Å². The van der Waals surface area contributed by atoms with Crippen LogP contribution in [-0.2, 0) is 6.42 Å². The summed E-state index contributed by atoms with van der Waals surface area (Å²) in [5.74, 6) is 0. The molecule has 21 heavy (non-hydrogen) atoms. The first kappa shape index (κ1) is 17.2. The molecule has 1 heteroatoms. The van der Waals surface area contributed by atoms with Crippen molar-refractivity contribution >= 4 is 11.4 Å². The number of rotatable bonds is 1. The summed E-state index contributed by atoms with van der Waals surface area (Å²) in [7, 11) is 0. The largest absolute Gasteiger partial charge is 0.252 e. The van der Waals surface area contributed by atoms with Crippen molar-refractivity contribution in [2.45, 2.75) is 47.5 Å². The highest BCUT2D eigenvalue weighted by Gasteiger charge is 2.15. The van der Waals surface area contributed by atoms with Crippen molar-refractivity contribution in [1.82, 2.24) is 0 Å². The molecule has 0 unspecified atom stereocenters. The Kier molecular flexibility index (Phi) is 7.45. The van der Waals surface area contributed by atoms with Gasteiger partial charge in [-0.3, -0.25) is 4.99 Å². The van der Waals surface area contributed by atoms with Gasteiger partial charge in [0.25, 0.3) is 0 Å². The van der Waals surface area contributed by atoms with E-state index in [1.807, 2.05) is 19.9 Å². The minimum absolute atomic E-state index is 0.959. The van der Waals surface area contributed by atoms with Crippen LogP contribution in [0.15, 0.2) is 53.5 Å². The summed E-state index contributed by atoms with van der Waals surface area (Å²) in [6, 6.07) is 16.8. The summed E-state index contributed by atoms with van der Waals surface area (Å²) in [6.45, 7) is 10.4. The fraction of sp³-hybridized carbons (Fsp3) is 0.350. The van der Waals surface area contributed by atoms with Crippen LogP contribution in [0.2, 0.25) is 0 Å². The summed E-state index contributed by atoms with van der Waals surface area (Å²) in [4.78, 5) is 4.70. The van der Waals surface area contributed by atoms with Crippen molar-refractivity contribution in [2.75, 3.05) is 0 Å². The molecule has 0 aliphatic carbocycles. The van der Waals surface area contributed by atoms with Gasteiger partial charge in [-0.05, 0) is 29.7 Å². The average molecular weight is 281 g/mol. The topological polar surface area (TPSA) is 12.4 Å². The van der Waals surface area contributed by atoms with Crippen LogP contribution in [0.25, 0.3) is 0 Å². The lowest BCUT2D eigenvalue weighted by molar-refractivity contribution is 1.09. The summed E-state index contributed by atoms with van der Waals surface area (Å²) in [6.07, 6.45) is 2.21. The minimum atomic E-state index is 0.959. The monoisotopic (exact) mass is 281 g/mol. The fourth-order valence-corrected chi connectivity index (χ4v) is 2.19. The van der Waals surface area contributed by atoms with Crippen LogP contribution < -0.4 is 0 Å². The van der Waals surface area contributed by atoms with Crippen molar-refractivity contribution in [3.8, 4) is 0 Å². The lowest BCUT2D eigenvalue weighted by Crippen LogP contribution is -2.02. The Balaban J connectivity index is 0.000000395. The summed E-state index contributed by atoms with van der Waals surface area (Å²) in [5.41, 5.74) is 6.23. The number of nitrogens with zero attached hydrogens (tertiary/aromatic N) is 1. The van der Waals surface area contributed by atoms with E-state index in [4.69, 9.17) is 4.99 Å². The van der Waals surface area contributed by atoms with E-state index in [0.29, 0.717) is 0 Å². The van der Waals surface area contributed by atoms with Crippen molar-refractivity contribution in [1.29, 1.82) is 0 Å². The summed E-state index contributed by atoms with van der Waals surface area (Å²) in [5, 5.41) is 0. The molecule has 0 saturated heterocycles. The lowest BCUT2D eigenvalue weighted by Gasteiger charge is -2.03. The van der Waals surface area contributed by atoms with Crippen LogP contribution >= 0.6 is 0 Å². The number of para-hydroxylation sites is 1. The predicted molar refractivity (Wildman–Crippen MR) is 94.8 cm³/mol. The van der Waals surface area contributed by atoms with E-state index in [0.717, 1.165) is 12.1 Å². The van der Waals surface area contributed by atoms with Crippen LogP contribution in [0.1, 0.15) is 50.8 Å². The first-order chi connectivity index (χ1) is 10.3. The molecule has 3 rings (SSSR count). The van der Waals surface area contributed by atoms with Crippen molar-refractivity contribution in [3.63, 3.8) is 0 Å². The Labute approximate surface area is 129 Å². The van der Waals surface area contributed by atoms with E-state index < -0.39 is 0 Å². The second-order valence-corrected chi connectivity index (χ2v) is 4.89. The molecule has 1 heterocycles. The molecule has 2 aromatic rings. The molecule has 112 valence electrons. The van der Waals surface area contributed by atoms with E-state index in [1.165, 1.54) is 28.8 Å². The second kappa shape index (κ2) is 9.12. The Hall–Kier alpha value is -1.89. The Bertz CT molecular complexity index is 582. The lowest BCUT2D eigenvalue weighted by atomic mass is 10.0. The Morgan fingerprint density at radius 1 is 0.905 bits per heavy atom. The summed E-state index contributed by atoms with van der Waals surface area (Å²) < 4.78 is 0. The molecule has 0 fully saturated rings. The third-order valence-electron chi connectivity index (χ3n) is 3.06. The molecule has 2 aromatic carbocycles. The Morgan fingerprint density at radius 2 is 1.48 bits per heavy atom. The highest BCUT2D eigenvalue weighted by molar-refractivity contribution is 6.07. The maximum Gasteiger partial charge on any atom is 0.0669 e. The second-order valence-electron chi connectivity index (χ2n) is 4.89.